The Morgan fingerprint density at radius 3 is 2.80 bits per heavy atom. The van der Waals surface area contributed by atoms with Crippen LogP contribution in [0.5, 0.6) is 0 Å². The maximum Gasteiger partial charge on any atom is 0.166 e. The zero-order valence-corrected chi connectivity index (χ0v) is 10.6. The van der Waals surface area contributed by atoms with E-state index in [-0.39, 0.29) is 0 Å². The van der Waals surface area contributed by atoms with Crippen LogP contribution in [0.4, 0.5) is 0 Å². The molecule has 1 aromatic carbocycles. The molecule has 4 nitrogen and oxygen atoms in total. The van der Waals surface area contributed by atoms with Gasteiger partial charge in [-0.15, -0.1) is 0 Å². The number of H-pyrrole nitrogens is 1. The normalized spacial score (nSPS) is 11.0. The quantitative estimate of drug-likeness (QED) is 0.595. The zero-order valence-electron chi connectivity index (χ0n) is 10.6. The second kappa shape index (κ2) is 4.35. The summed E-state index contributed by atoms with van der Waals surface area (Å²) in [7, 11) is 0. The first kappa shape index (κ1) is 11.0. The molecule has 0 amide bonds. The van der Waals surface area contributed by atoms with E-state index in [0.717, 1.165) is 33.5 Å². The highest BCUT2D eigenvalue weighted by atomic mass is 16.5. The van der Waals surface area contributed by atoms with Gasteiger partial charge in [-0.2, -0.15) is 0 Å². The van der Waals surface area contributed by atoms with Crippen molar-refractivity contribution in [3.63, 3.8) is 0 Å². The molecular weight excluding hydrogens is 250 g/mol. The van der Waals surface area contributed by atoms with Crippen molar-refractivity contribution in [2.24, 2.45) is 0 Å². The molecule has 0 aliphatic carbocycles. The number of pyridine rings is 1. The first-order valence-electron chi connectivity index (χ1n) is 6.35. The molecule has 0 aliphatic rings. The van der Waals surface area contributed by atoms with Crippen molar-refractivity contribution >= 4 is 11.0 Å². The molecule has 3 heterocycles. The van der Waals surface area contributed by atoms with E-state index in [9.17, 15) is 0 Å². The maximum absolute atomic E-state index is 5.21. The molecule has 0 bridgehead atoms. The van der Waals surface area contributed by atoms with E-state index in [1.807, 2.05) is 42.7 Å². The van der Waals surface area contributed by atoms with E-state index < -0.39 is 0 Å². The number of fused-ring (bicyclic) bond motifs is 1. The Morgan fingerprint density at radius 2 is 1.90 bits per heavy atom. The van der Waals surface area contributed by atoms with Crippen molar-refractivity contribution in [1.29, 1.82) is 0 Å². The van der Waals surface area contributed by atoms with Crippen molar-refractivity contribution in [2.75, 3.05) is 0 Å². The fourth-order valence-corrected chi connectivity index (χ4v) is 2.42. The molecule has 20 heavy (non-hydrogen) atoms. The molecule has 0 radical (unpaired) electrons. The van der Waals surface area contributed by atoms with Crippen LogP contribution in [-0.4, -0.2) is 15.1 Å². The molecule has 0 fully saturated rings. The largest absolute Gasteiger partial charge is 0.356 e. The number of aromatic amines is 1. The summed E-state index contributed by atoms with van der Waals surface area (Å²) >= 11 is 0. The molecule has 0 saturated carbocycles. The first-order valence-corrected chi connectivity index (χ1v) is 6.35. The second-order valence-corrected chi connectivity index (χ2v) is 4.56. The highest BCUT2D eigenvalue weighted by Gasteiger charge is 2.08. The molecule has 4 heteroatoms. The van der Waals surface area contributed by atoms with Gasteiger partial charge in [-0.25, -0.2) is 4.98 Å². The van der Waals surface area contributed by atoms with Gasteiger partial charge in [0, 0.05) is 29.4 Å². The van der Waals surface area contributed by atoms with Gasteiger partial charge >= 0.3 is 0 Å². The molecule has 3 aromatic heterocycles. The summed E-state index contributed by atoms with van der Waals surface area (Å²) in [4.78, 5) is 7.45. The molecular formula is C16H11N3O. The first-order chi connectivity index (χ1) is 9.92. The Morgan fingerprint density at radius 1 is 0.950 bits per heavy atom. The van der Waals surface area contributed by atoms with Crippen molar-refractivity contribution < 1.29 is 4.52 Å². The molecule has 96 valence electrons. The Kier molecular flexibility index (Phi) is 2.39. The minimum atomic E-state index is 0.770. The number of benzene rings is 1. The van der Waals surface area contributed by atoms with Gasteiger partial charge in [0.25, 0.3) is 0 Å². The summed E-state index contributed by atoms with van der Waals surface area (Å²) in [6.07, 6.45) is 5.37. The summed E-state index contributed by atoms with van der Waals surface area (Å²) in [5, 5.41) is 4.87. The minimum absolute atomic E-state index is 0.770. The van der Waals surface area contributed by atoms with Crippen molar-refractivity contribution in [3.05, 3.63) is 61.1 Å². The number of hydrogen-bond acceptors (Lipinski definition) is 3. The summed E-state index contributed by atoms with van der Waals surface area (Å²) in [5.41, 5.74) is 4.19. The average molecular weight is 261 g/mol. The van der Waals surface area contributed by atoms with Gasteiger partial charge in [-0.3, -0.25) is 0 Å². The predicted octanol–water partition coefficient (Wildman–Crippen LogP) is 3.88. The Hall–Kier alpha value is -2.88. The van der Waals surface area contributed by atoms with Gasteiger partial charge in [0.2, 0.25) is 0 Å². The number of nitrogens with zero attached hydrogens (tertiary/aromatic N) is 2. The van der Waals surface area contributed by atoms with E-state index in [1.54, 1.807) is 6.20 Å². The SMILES string of the molecule is c1cc(-c2ccno2)cc(-c2ccnc3[nH]ccc23)c1. The monoisotopic (exact) mass is 261 g/mol. The third kappa shape index (κ3) is 1.70. The van der Waals surface area contributed by atoms with Crippen LogP contribution in [-0.2, 0) is 0 Å². The molecule has 0 aliphatic heterocycles. The van der Waals surface area contributed by atoms with E-state index in [4.69, 9.17) is 4.52 Å². The molecule has 4 rings (SSSR count). The number of hydrogen-bond donors (Lipinski definition) is 1. The Bertz CT molecular complexity index is 862. The van der Waals surface area contributed by atoms with E-state index in [1.165, 1.54) is 0 Å². The van der Waals surface area contributed by atoms with E-state index in [2.05, 4.69) is 27.3 Å². The van der Waals surface area contributed by atoms with Gasteiger partial charge < -0.3 is 9.51 Å². The van der Waals surface area contributed by atoms with Crippen LogP contribution in [0.25, 0.3) is 33.5 Å². The molecule has 4 aromatic rings. The lowest BCUT2D eigenvalue weighted by Gasteiger charge is -2.05. The third-order valence-electron chi connectivity index (χ3n) is 3.36. The van der Waals surface area contributed by atoms with Crippen LogP contribution in [0.3, 0.4) is 0 Å². The zero-order chi connectivity index (χ0) is 13.4. The minimum Gasteiger partial charge on any atom is -0.356 e. The highest BCUT2D eigenvalue weighted by Crippen LogP contribution is 2.30. The number of nitrogens with one attached hydrogen (secondary N) is 1. The second-order valence-electron chi connectivity index (χ2n) is 4.56. The molecule has 0 spiro atoms. The van der Waals surface area contributed by atoms with Crippen LogP contribution in [0.2, 0.25) is 0 Å². The topological polar surface area (TPSA) is 54.7 Å². The third-order valence-corrected chi connectivity index (χ3v) is 3.36. The summed E-state index contributed by atoms with van der Waals surface area (Å²) in [5.74, 6) is 0.770. The standard InChI is InChI=1S/C16H11N3O/c1-2-11(10-12(3-1)15-6-9-19-20-15)13-4-7-17-16-14(13)5-8-18-16/h1-10H,(H,17,18). The van der Waals surface area contributed by atoms with Gasteiger partial charge in [0.15, 0.2) is 5.76 Å². The van der Waals surface area contributed by atoms with Crippen molar-refractivity contribution in [3.8, 4) is 22.5 Å². The summed E-state index contributed by atoms with van der Waals surface area (Å²) < 4.78 is 5.21. The van der Waals surface area contributed by atoms with Crippen LogP contribution < -0.4 is 0 Å². The van der Waals surface area contributed by atoms with Gasteiger partial charge in [-0.05, 0) is 29.3 Å². The van der Waals surface area contributed by atoms with Crippen LogP contribution in [0, 0.1) is 0 Å². The molecule has 0 atom stereocenters. The lowest BCUT2D eigenvalue weighted by atomic mass is 10.0. The predicted molar refractivity (Wildman–Crippen MR) is 77.0 cm³/mol. The van der Waals surface area contributed by atoms with E-state index in [0.29, 0.717) is 0 Å². The molecule has 0 unspecified atom stereocenters. The number of aromatic nitrogens is 3. The summed E-state index contributed by atoms with van der Waals surface area (Å²) in [6.45, 7) is 0. The van der Waals surface area contributed by atoms with Crippen molar-refractivity contribution in [1.82, 2.24) is 15.1 Å². The molecule has 1 N–H and O–H groups in total. The van der Waals surface area contributed by atoms with Crippen molar-refractivity contribution in [2.45, 2.75) is 0 Å². The summed E-state index contributed by atoms with van der Waals surface area (Å²) in [6, 6.07) is 14.1. The average Bonchev–Trinajstić information content (AvgIpc) is 3.18. The smallest absolute Gasteiger partial charge is 0.166 e. The van der Waals surface area contributed by atoms with Crippen LogP contribution in [0.1, 0.15) is 0 Å². The fourth-order valence-electron chi connectivity index (χ4n) is 2.42. The highest BCUT2D eigenvalue weighted by molar-refractivity contribution is 5.93. The lowest BCUT2D eigenvalue weighted by Crippen LogP contribution is -1.83. The molecule has 0 saturated heterocycles. The van der Waals surface area contributed by atoms with Crippen LogP contribution in [0.15, 0.2) is 65.6 Å². The van der Waals surface area contributed by atoms with Gasteiger partial charge in [0.05, 0.1) is 6.20 Å². The Labute approximate surface area is 115 Å². The maximum atomic E-state index is 5.21. The van der Waals surface area contributed by atoms with E-state index >= 15 is 0 Å². The fraction of sp³-hybridized carbons (Fsp3) is 0. The van der Waals surface area contributed by atoms with Crippen LogP contribution >= 0.6 is 0 Å². The van der Waals surface area contributed by atoms with Gasteiger partial charge in [-0.1, -0.05) is 23.4 Å². The Balaban J connectivity index is 1.91. The van der Waals surface area contributed by atoms with Gasteiger partial charge in [0.1, 0.15) is 5.65 Å². The number of rotatable bonds is 2. The lowest BCUT2D eigenvalue weighted by molar-refractivity contribution is 0.432.